The van der Waals surface area contributed by atoms with E-state index in [1.165, 1.54) is 11.1 Å². The lowest BCUT2D eigenvalue weighted by Crippen LogP contribution is -2.32. The molecule has 1 heterocycles. The Morgan fingerprint density at radius 2 is 1.83 bits per heavy atom. The molecule has 3 heteroatoms. The van der Waals surface area contributed by atoms with Gasteiger partial charge in [0.25, 0.3) is 0 Å². The molecular formula is C20H25NO2. The van der Waals surface area contributed by atoms with Crippen LogP contribution in [0.3, 0.4) is 0 Å². The molecule has 0 saturated carbocycles. The van der Waals surface area contributed by atoms with Crippen molar-refractivity contribution in [2.75, 3.05) is 18.2 Å². The molecule has 23 heavy (non-hydrogen) atoms. The van der Waals surface area contributed by atoms with Crippen molar-refractivity contribution in [3.8, 4) is 11.5 Å². The normalized spacial score (nSPS) is 14.2. The van der Waals surface area contributed by atoms with Crippen molar-refractivity contribution in [2.45, 2.75) is 39.7 Å². The third-order valence-corrected chi connectivity index (χ3v) is 4.18. The third-order valence-electron chi connectivity index (χ3n) is 4.18. The predicted molar refractivity (Wildman–Crippen MR) is 94.4 cm³/mol. The first kappa shape index (κ1) is 15.7. The van der Waals surface area contributed by atoms with Crippen LogP contribution in [0, 0.1) is 0 Å². The van der Waals surface area contributed by atoms with Gasteiger partial charge in [0.1, 0.15) is 11.5 Å². The van der Waals surface area contributed by atoms with Crippen molar-refractivity contribution >= 4 is 5.69 Å². The van der Waals surface area contributed by atoms with Gasteiger partial charge < -0.3 is 14.4 Å². The molecule has 122 valence electrons. The third kappa shape index (κ3) is 3.44. The minimum Gasteiger partial charge on any atom is -0.494 e. The van der Waals surface area contributed by atoms with Crippen molar-refractivity contribution in [2.24, 2.45) is 0 Å². The molecule has 3 nitrogen and oxygen atoms in total. The fourth-order valence-electron chi connectivity index (χ4n) is 2.79. The number of anilines is 1. The molecule has 3 rings (SSSR count). The van der Waals surface area contributed by atoms with E-state index in [4.69, 9.17) is 9.47 Å². The number of rotatable bonds is 3. The minimum atomic E-state index is 0.149. The Labute approximate surface area is 138 Å². The molecule has 0 aliphatic carbocycles. The van der Waals surface area contributed by atoms with Crippen LogP contribution in [0.2, 0.25) is 0 Å². The van der Waals surface area contributed by atoms with Crippen LogP contribution in [-0.2, 0) is 12.0 Å². The van der Waals surface area contributed by atoms with Crippen molar-refractivity contribution in [1.82, 2.24) is 0 Å². The van der Waals surface area contributed by atoms with Crippen LogP contribution >= 0.6 is 0 Å². The van der Waals surface area contributed by atoms with Gasteiger partial charge in [-0.1, -0.05) is 26.8 Å². The Morgan fingerprint density at radius 3 is 2.48 bits per heavy atom. The van der Waals surface area contributed by atoms with Crippen LogP contribution < -0.4 is 14.4 Å². The topological polar surface area (TPSA) is 21.7 Å². The largest absolute Gasteiger partial charge is 0.494 e. The number of fused-ring (bicyclic) bond motifs is 1. The van der Waals surface area contributed by atoms with E-state index in [1.54, 1.807) is 0 Å². The summed E-state index contributed by atoms with van der Waals surface area (Å²) < 4.78 is 11.4. The van der Waals surface area contributed by atoms with Gasteiger partial charge in [-0.2, -0.15) is 0 Å². The summed E-state index contributed by atoms with van der Waals surface area (Å²) in [5, 5.41) is 0. The van der Waals surface area contributed by atoms with E-state index in [1.807, 2.05) is 19.1 Å². The Bertz CT molecular complexity index is 671. The predicted octanol–water partition coefficient (Wildman–Crippen LogP) is 4.74. The molecule has 0 spiro atoms. The fourth-order valence-corrected chi connectivity index (χ4v) is 2.79. The summed E-state index contributed by atoms with van der Waals surface area (Å²) in [6.07, 6.45) is 0. The first-order chi connectivity index (χ1) is 11.0. The van der Waals surface area contributed by atoms with Crippen molar-refractivity contribution in [3.05, 3.63) is 53.6 Å². The Kier molecular flexibility index (Phi) is 4.20. The fraction of sp³-hybridized carbons (Fsp3) is 0.400. The van der Waals surface area contributed by atoms with Crippen LogP contribution in [0.4, 0.5) is 5.69 Å². The zero-order valence-electron chi connectivity index (χ0n) is 14.4. The van der Waals surface area contributed by atoms with Crippen LogP contribution in [0.25, 0.3) is 0 Å². The number of benzene rings is 2. The van der Waals surface area contributed by atoms with E-state index in [0.717, 1.165) is 23.7 Å². The maximum absolute atomic E-state index is 5.93. The molecule has 2 aromatic carbocycles. The number of nitrogens with zero attached hydrogens (tertiary/aromatic N) is 1. The smallest absolute Gasteiger partial charge is 0.161 e. The molecule has 1 aliphatic rings. The van der Waals surface area contributed by atoms with Crippen molar-refractivity contribution < 1.29 is 9.47 Å². The maximum Gasteiger partial charge on any atom is 0.161 e. The number of hydrogen-bond donors (Lipinski definition) is 0. The van der Waals surface area contributed by atoms with Gasteiger partial charge in [-0.25, -0.2) is 0 Å². The van der Waals surface area contributed by atoms with Gasteiger partial charge in [0.2, 0.25) is 0 Å². The van der Waals surface area contributed by atoms with Crippen LogP contribution in [-0.4, -0.2) is 13.3 Å². The number of ether oxygens (including phenoxy) is 2. The highest BCUT2D eigenvalue weighted by Gasteiger charge is 2.21. The van der Waals surface area contributed by atoms with Crippen molar-refractivity contribution in [1.29, 1.82) is 0 Å². The Balaban J connectivity index is 1.81. The molecule has 0 bridgehead atoms. The van der Waals surface area contributed by atoms with E-state index in [2.05, 4.69) is 56.0 Å². The summed E-state index contributed by atoms with van der Waals surface area (Å²) in [4.78, 5) is 2.24. The lowest BCUT2D eigenvalue weighted by Gasteiger charge is -2.32. The summed E-state index contributed by atoms with van der Waals surface area (Å²) in [6, 6.07) is 14.8. The zero-order valence-corrected chi connectivity index (χ0v) is 14.4. The Hall–Kier alpha value is -2.16. The minimum absolute atomic E-state index is 0.149. The summed E-state index contributed by atoms with van der Waals surface area (Å²) >= 11 is 0. The first-order valence-corrected chi connectivity index (χ1v) is 8.21. The average molecular weight is 311 g/mol. The second-order valence-corrected chi connectivity index (χ2v) is 6.97. The summed E-state index contributed by atoms with van der Waals surface area (Å²) in [7, 11) is 0. The van der Waals surface area contributed by atoms with E-state index >= 15 is 0 Å². The molecule has 0 amide bonds. The highest BCUT2D eigenvalue weighted by atomic mass is 16.5. The standard InChI is InChI=1S/C20H25NO2/c1-5-22-18-9-7-17(8-10-18)21-13-15-12-16(20(2,3)4)6-11-19(15)23-14-21/h6-12H,5,13-14H2,1-4H3. The lowest BCUT2D eigenvalue weighted by molar-refractivity contribution is 0.289. The molecule has 0 radical (unpaired) electrons. The van der Waals surface area contributed by atoms with Crippen molar-refractivity contribution in [3.63, 3.8) is 0 Å². The average Bonchev–Trinajstić information content (AvgIpc) is 2.54. The SMILES string of the molecule is CCOc1ccc(N2COc3ccc(C(C)(C)C)cc3C2)cc1. The molecular weight excluding hydrogens is 286 g/mol. The lowest BCUT2D eigenvalue weighted by atomic mass is 9.86. The van der Waals surface area contributed by atoms with Crippen LogP contribution in [0.5, 0.6) is 11.5 Å². The molecule has 0 saturated heterocycles. The van der Waals surface area contributed by atoms with Gasteiger partial charge in [-0.15, -0.1) is 0 Å². The van der Waals surface area contributed by atoms with Gasteiger partial charge >= 0.3 is 0 Å². The monoisotopic (exact) mass is 311 g/mol. The maximum atomic E-state index is 5.93. The summed E-state index contributed by atoms with van der Waals surface area (Å²) in [6.45, 7) is 10.8. The second-order valence-electron chi connectivity index (χ2n) is 6.97. The molecule has 2 aromatic rings. The van der Waals surface area contributed by atoms with Gasteiger partial charge in [0, 0.05) is 17.8 Å². The molecule has 0 fully saturated rings. The van der Waals surface area contributed by atoms with E-state index in [0.29, 0.717) is 13.3 Å². The highest BCUT2D eigenvalue weighted by molar-refractivity contribution is 5.52. The quantitative estimate of drug-likeness (QED) is 0.817. The van der Waals surface area contributed by atoms with Gasteiger partial charge in [-0.3, -0.25) is 0 Å². The van der Waals surface area contributed by atoms with Gasteiger partial charge in [0.15, 0.2) is 6.73 Å². The molecule has 0 unspecified atom stereocenters. The number of hydrogen-bond acceptors (Lipinski definition) is 3. The first-order valence-electron chi connectivity index (χ1n) is 8.21. The summed E-state index contributed by atoms with van der Waals surface area (Å²) in [5.74, 6) is 1.91. The molecule has 0 atom stereocenters. The molecule has 0 aromatic heterocycles. The molecule has 1 aliphatic heterocycles. The van der Waals surface area contributed by atoms with Gasteiger partial charge in [-0.05, 0) is 54.3 Å². The second kappa shape index (κ2) is 6.15. The van der Waals surface area contributed by atoms with Crippen LogP contribution in [0.1, 0.15) is 38.8 Å². The van der Waals surface area contributed by atoms with E-state index < -0.39 is 0 Å². The van der Waals surface area contributed by atoms with Crippen LogP contribution in [0.15, 0.2) is 42.5 Å². The Morgan fingerprint density at radius 1 is 1.09 bits per heavy atom. The zero-order chi connectivity index (χ0) is 16.4. The van der Waals surface area contributed by atoms with E-state index in [9.17, 15) is 0 Å². The summed E-state index contributed by atoms with van der Waals surface area (Å²) in [5.41, 5.74) is 3.89. The highest BCUT2D eigenvalue weighted by Crippen LogP contribution is 2.33. The molecule has 0 N–H and O–H groups in total. The van der Waals surface area contributed by atoms with E-state index in [-0.39, 0.29) is 5.41 Å². The van der Waals surface area contributed by atoms with Gasteiger partial charge in [0.05, 0.1) is 6.61 Å².